The molecule has 0 heterocycles. The number of ether oxygens (including phenoxy) is 1. The molecule has 0 aliphatic rings. The molecule has 0 aromatic heterocycles. The molecule has 1 N–H and O–H groups in total. The molecule has 2 rings (SSSR count). The summed E-state index contributed by atoms with van der Waals surface area (Å²) in [5, 5.41) is 2.68. The summed E-state index contributed by atoms with van der Waals surface area (Å²) in [6.07, 6.45) is 1.05. The number of carbonyl (C=O) groups excluding carboxylic acids is 2. The predicted molar refractivity (Wildman–Crippen MR) is 94.4 cm³/mol. The lowest BCUT2D eigenvalue weighted by molar-refractivity contribution is -0.119. The highest BCUT2D eigenvalue weighted by Crippen LogP contribution is 2.16. The van der Waals surface area contributed by atoms with Crippen LogP contribution in [-0.4, -0.2) is 33.2 Å². The normalized spacial score (nSPS) is 11.0. The molecule has 0 unspecified atom stereocenters. The quantitative estimate of drug-likeness (QED) is 0.827. The molecule has 2 aromatic rings. The van der Waals surface area contributed by atoms with Crippen molar-refractivity contribution in [3.63, 3.8) is 0 Å². The van der Waals surface area contributed by atoms with Crippen LogP contribution in [0.5, 0.6) is 0 Å². The minimum absolute atomic E-state index is 0.0155. The molecule has 0 fully saturated rings. The van der Waals surface area contributed by atoms with Gasteiger partial charge in [0, 0.05) is 11.9 Å². The molecule has 0 radical (unpaired) electrons. The van der Waals surface area contributed by atoms with E-state index in [1.807, 2.05) is 32.0 Å². The van der Waals surface area contributed by atoms with Gasteiger partial charge in [-0.3, -0.25) is 4.79 Å². The van der Waals surface area contributed by atoms with E-state index >= 15 is 0 Å². The fraction of sp³-hybridized carbons (Fsp3) is 0.222. The zero-order valence-electron chi connectivity index (χ0n) is 14.2. The number of amides is 1. The van der Waals surface area contributed by atoms with Crippen LogP contribution in [0.2, 0.25) is 0 Å². The molecule has 0 saturated heterocycles. The monoisotopic (exact) mass is 361 g/mol. The summed E-state index contributed by atoms with van der Waals surface area (Å²) in [5.74, 6) is -1.23. The second kappa shape index (κ2) is 7.48. The highest BCUT2D eigenvalue weighted by Gasteiger charge is 2.14. The first-order chi connectivity index (χ1) is 11.7. The SMILES string of the molecule is Cc1ccc(C)c(NC(=O)COC(=O)c2cccc(S(C)(=O)=O)c2)c1. The molecule has 132 valence electrons. The molecule has 0 saturated carbocycles. The Morgan fingerprint density at radius 1 is 1.08 bits per heavy atom. The van der Waals surface area contributed by atoms with Crippen LogP contribution in [0.3, 0.4) is 0 Å². The fourth-order valence-electron chi connectivity index (χ4n) is 2.12. The van der Waals surface area contributed by atoms with Gasteiger partial charge in [-0.25, -0.2) is 13.2 Å². The van der Waals surface area contributed by atoms with Gasteiger partial charge in [0.25, 0.3) is 5.91 Å². The van der Waals surface area contributed by atoms with Gasteiger partial charge in [0.2, 0.25) is 0 Å². The van der Waals surface area contributed by atoms with E-state index in [1.165, 1.54) is 24.3 Å². The summed E-state index contributed by atoms with van der Waals surface area (Å²) in [4.78, 5) is 24.0. The summed E-state index contributed by atoms with van der Waals surface area (Å²) >= 11 is 0. The van der Waals surface area contributed by atoms with Gasteiger partial charge in [0.15, 0.2) is 16.4 Å². The number of benzene rings is 2. The van der Waals surface area contributed by atoms with Gasteiger partial charge in [0.05, 0.1) is 10.5 Å². The molecule has 0 aliphatic heterocycles. The summed E-state index contributed by atoms with van der Waals surface area (Å²) in [6, 6.07) is 11.1. The van der Waals surface area contributed by atoms with E-state index in [9.17, 15) is 18.0 Å². The summed E-state index contributed by atoms with van der Waals surface area (Å²) in [5.41, 5.74) is 2.61. The van der Waals surface area contributed by atoms with Crippen LogP contribution in [0.4, 0.5) is 5.69 Å². The van der Waals surface area contributed by atoms with Crippen molar-refractivity contribution in [2.45, 2.75) is 18.7 Å². The number of nitrogens with one attached hydrogen (secondary N) is 1. The third-order valence-corrected chi connectivity index (χ3v) is 4.61. The van der Waals surface area contributed by atoms with Gasteiger partial charge >= 0.3 is 5.97 Å². The van der Waals surface area contributed by atoms with E-state index < -0.39 is 28.3 Å². The Morgan fingerprint density at radius 2 is 1.80 bits per heavy atom. The Balaban J connectivity index is 2.00. The Morgan fingerprint density at radius 3 is 2.48 bits per heavy atom. The maximum atomic E-state index is 12.0. The lowest BCUT2D eigenvalue weighted by Gasteiger charge is -2.10. The molecule has 0 spiro atoms. The van der Waals surface area contributed by atoms with Crippen molar-refractivity contribution in [1.29, 1.82) is 0 Å². The van der Waals surface area contributed by atoms with E-state index in [1.54, 1.807) is 0 Å². The van der Waals surface area contributed by atoms with E-state index in [0.717, 1.165) is 17.4 Å². The van der Waals surface area contributed by atoms with Crippen molar-refractivity contribution in [2.24, 2.45) is 0 Å². The highest BCUT2D eigenvalue weighted by molar-refractivity contribution is 7.90. The van der Waals surface area contributed by atoms with Gasteiger partial charge in [0.1, 0.15) is 0 Å². The first kappa shape index (κ1) is 18.7. The number of sulfone groups is 1. The van der Waals surface area contributed by atoms with E-state index in [2.05, 4.69) is 5.32 Å². The third kappa shape index (κ3) is 5.15. The predicted octanol–water partition coefficient (Wildman–Crippen LogP) is 2.50. The lowest BCUT2D eigenvalue weighted by atomic mass is 10.1. The molecule has 0 atom stereocenters. The van der Waals surface area contributed by atoms with Crippen molar-refractivity contribution in [3.8, 4) is 0 Å². The van der Waals surface area contributed by atoms with E-state index in [0.29, 0.717) is 5.69 Å². The van der Waals surface area contributed by atoms with Crippen molar-refractivity contribution < 1.29 is 22.7 Å². The van der Waals surface area contributed by atoms with Crippen molar-refractivity contribution >= 4 is 27.4 Å². The van der Waals surface area contributed by atoms with Crippen molar-refractivity contribution in [3.05, 3.63) is 59.2 Å². The van der Waals surface area contributed by atoms with E-state index in [-0.39, 0.29) is 10.5 Å². The summed E-state index contributed by atoms with van der Waals surface area (Å²) in [6.45, 7) is 3.30. The Bertz CT molecular complexity index is 919. The van der Waals surface area contributed by atoms with Crippen LogP contribution in [-0.2, 0) is 19.4 Å². The van der Waals surface area contributed by atoms with Gasteiger partial charge < -0.3 is 10.1 Å². The minimum Gasteiger partial charge on any atom is -0.452 e. The Hall–Kier alpha value is -2.67. The number of anilines is 1. The average molecular weight is 361 g/mol. The third-order valence-electron chi connectivity index (χ3n) is 3.50. The van der Waals surface area contributed by atoms with Crippen molar-refractivity contribution in [1.82, 2.24) is 0 Å². The zero-order chi connectivity index (χ0) is 18.6. The second-order valence-corrected chi connectivity index (χ2v) is 7.76. The Kier molecular flexibility index (Phi) is 5.58. The van der Waals surface area contributed by atoms with Crippen LogP contribution in [0, 0.1) is 13.8 Å². The summed E-state index contributed by atoms with van der Waals surface area (Å²) in [7, 11) is -3.43. The minimum atomic E-state index is -3.43. The average Bonchev–Trinajstić information content (AvgIpc) is 2.55. The molecular weight excluding hydrogens is 342 g/mol. The lowest BCUT2D eigenvalue weighted by Crippen LogP contribution is -2.21. The van der Waals surface area contributed by atoms with Crippen LogP contribution in [0.1, 0.15) is 21.5 Å². The smallest absolute Gasteiger partial charge is 0.338 e. The van der Waals surface area contributed by atoms with Crippen LogP contribution in [0.25, 0.3) is 0 Å². The largest absolute Gasteiger partial charge is 0.452 e. The number of hydrogen-bond acceptors (Lipinski definition) is 5. The van der Waals surface area contributed by atoms with Gasteiger partial charge in [-0.1, -0.05) is 18.2 Å². The second-order valence-electron chi connectivity index (χ2n) is 5.74. The molecule has 6 nitrogen and oxygen atoms in total. The summed E-state index contributed by atoms with van der Waals surface area (Å²) < 4.78 is 28.0. The van der Waals surface area contributed by atoms with Gasteiger partial charge in [-0.05, 0) is 49.2 Å². The highest BCUT2D eigenvalue weighted by atomic mass is 32.2. The fourth-order valence-corrected chi connectivity index (χ4v) is 2.79. The number of hydrogen-bond donors (Lipinski definition) is 1. The van der Waals surface area contributed by atoms with Crippen LogP contribution in [0.15, 0.2) is 47.4 Å². The maximum absolute atomic E-state index is 12.0. The Labute approximate surface area is 146 Å². The first-order valence-electron chi connectivity index (χ1n) is 7.51. The van der Waals surface area contributed by atoms with Crippen molar-refractivity contribution in [2.75, 3.05) is 18.2 Å². The number of rotatable bonds is 5. The number of aryl methyl sites for hydroxylation is 2. The van der Waals surface area contributed by atoms with Gasteiger partial charge in [-0.15, -0.1) is 0 Å². The zero-order valence-corrected chi connectivity index (χ0v) is 15.0. The number of carbonyl (C=O) groups is 2. The number of esters is 1. The molecule has 0 bridgehead atoms. The molecule has 25 heavy (non-hydrogen) atoms. The molecule has 1 amide bonds. The standard InChI is InChI=1S/C18H19NO5S/c1-12-7-8-13(2)16(9-12)19-17(20)11-24-18(21)14-5-4-6-15(10-14)25(3,22)23/h4-10H,11H2,1-3H3,(H,19,20). The van der Waals surface area contributed by atoms with Crippen LogP contribution < -0.4 is 5.32 Å². The van der Waals surface area contributed by atoms with E-state index in [4.69, 9.17) is 4.74 Å². The van der Waals surface area contributed by atoms with Gasteiger partial charge in [-0.2, -0.15) is 0 Å². The maximum Gasteiger partial charge on any atom is 0.338 e. The first-order valence-corrected chi connectivity index (χ1v) is 9.40. The molecule has 0 aliphatic carbocycles. The molecular formula is C18H19NO5S. The molecule has 2 aromatic carbocycles. The van der Waals surface area contributed by atoms with Crippen LogP contribution >= 0.6 is 0 Å². The molecule has 7 heteroatoms. The topological polar surface area (TPSA) is 89.5 Å².